The molecule has 0 radical (unpaired) electrons. The van der Waals surface area contributed by atoms with E-state index in [1.807, 2.05) is 0 Å². The Morgan fingerprint density at radius 1 is 1.45 bits per heavy atom. The van der Waals surface area contributed by atoms with Crippen LogP contribution in [0.1, 0.15) is 20.3 Å². The highest BCUT2D eigenvalue weighted by Gasteiger charge is 2.02. The molecule has 0 aliphatic rings. The van der Waals surface area contributed by atoms with Crippen molar-refractivity contribution in [2.24, 2.45) is 0 Å². The van der Waals surface area contributed by atoms with Gasteiger partial charge < -0.3 is 10.1 Å². The number of nitrogens with one attached hydrogen (secondary N) is 1. The summed E-state index contributed by atoms with van der Waals surface area (Å²) >= 11 is 5.90. The van der Waals surface area contributed by atoms with Crippen LogP contribution in [-0.4, -0.2) is 31.7 Å². The van der Waals surface area contributed by atoms with Gasteiger partial charge in [-0.3, -0.25) is 0 Å². The van der Waals surface area contributed by atoms with Gasteiger partial charge in [-0.15, -0.1) is 11.6 Å². The topological polar surface area (TPSA) is 21.3 Å². The lowest BCUT2D eigenvalue weighted by molar-refractivity contribution is 0.195. The molecule has 0 fully saturated rings. The van der Waals surface area contributed by atoms with Crippen LogP contribution >= 0.6 is 11.6 Å². The van der Waals surface area contributed by atoms with Crippen molar-refractivity contribution in [3.05, 3.63) is 0 Å². The molecule has 0 bridgehead atoms. The zero-order chi connectivity index (χ0) is 8.69. The minimum absolute atomic E-state index is 0.145. The number of hydrogen-bond donors (Lipinski definition) is 1. The van der Waals surface area contributed by atoms with Crippen LogP contribution in [0.25, 0.3) is 0 Å². The largest absolute Gasteiger partial charge is 0.383 e. The normalized spacial score (nSPS) is 13.9. The molecule has 0 aromatic rings. The van der Waals surface area contributed by atoms with Crippen molar-refractivity contribution in [1.82, 2.24) is 5.32 Å². The maximum absolute atomic E-state index is 5.90. The molecule has 0 aromatic carbocycles. The SMILES string of the molecule is COCC(Cl)CCNC(C)C. The maximum atomic E-state index is 5.90. The van der Waals surface area contributed by atoms with E-state index in [9.17, 15) is 0 Å². The lowest BCUT2D eigenvalue weighted by atomic mass is 10.3. The molecule has 11 heavy (non-hydrogen) atoms. The fraction of sp³-hybridized carbons (Fsp3) is 1.00. The van der Waals surface area contributed by atoms with Gasteiger partial charge in [-0.05, 0) is 13.0 Å². The molecule has 1 atom stereocenters. The summed E-state index contributed by atoms with van der Waals surface area (Å²) < 4.78 is 4.90. The van der Waals surface area contributed by atoms with Gasteiger partial charge in [0.15, 0.2) is 0 Å². The molecule has 1 unspecified atom stereocenters. The zero-order valence-electron chi connectivity index (χ0n) is 7.56. The summed E-state index contributed by atoms with van der Waals surface area (Å²) in [6.45, 7) is 5.86. The van der Waals surface area contributed by atoms with E-state index < -0.39 is 0 Å². The van der Waals surface area contributed by atoms with Crippen LogP contribution in [0.15, 0.2) is 0 Å². The molecule has 0 heterocycles. The molecule has 0 saturated heterocycles. The van der Waals surface area contributed by atoms with Crippen LogP contribution < -0.4 is 5.32 Å². The first-order valence-corrected chi connectivity index (χ1v) is 4.47. The summed E-state index contributed by atoms with van der Waals surface area (Å²) in [7, 11) is 1.67. The highest BCUT2D eigenvalue weighted by molar-refractivity contribution is 6.20. The molecule has 0 aliphatic carbocycles. The summed E-state index contributed by atoms with van der Waals surface area (Å²) in [5, 5.41) is 3.44. The van der Waals surface area contributed by atoms with Crippen molar-refractivity contribution < 1.29 is 4.74 Å². The number of alkyl halides is 1. The van der Waals surface area contributed by atoms with Gasteiger partial charge in [0.05, 0.1) is 12.0 Å². The van der Waals surface area contributed by atoms with Gasteiger partial charge in [0.2, 0.25) is 0 Å². The Morgan fingerprint density at radius 3 is 2.55 bits per heavy atom. The van der Waals surface area contributed by atoms with Crippen LogP contribution in [0.3, 0.4) is 0 Å². The zero-order valence-corrected chi connectivity index (χ0v) is 8.32. The van der Waals surface area contributed by atoms with Crippen molar-refractivity contribution in [1.29, 1.82) is 0 Å². The molecule has 1 N–H and O–H groups in total. The first kappa shape index (κ1) is 11.2. The van der Waals surface area contributed by atoms with Gasteiger partial charge in [0.25, 0.3) is 0 Å². The molecule has 0 aliphatic heterocycles. The second kappa shape index (κ2) is 6.89. The summed E-state index contributed by atoms with van der Waals surface area (Å²) in [4.78, 5) is 0. The van der Waals surface area contributed by atoms with Crippen LogP contribution in [0.4, 0.5) is 0 Å². The van der Waals surface area contributed by atoms with E-state index in [4.69, 9.17) is 16.3 Å². The molecule has 0 spiro atoms. The van der Waals surface area contributed by atoms with E-state index in [1.54, 1.807) is 7.11 Å². The highest BCUT2D eigenvalue weighted by atomic mass is 35.5. The third-order valence-corrected chi connectivity index (χ3v) is 1.70. The second-order valence-corrected chi connectivity index (χ2v) is 3.57. The fourth-order valence-corrected chi connectivity index (χ4v) is 1.03. The standard InChI is InChI=1S/C8H18ClNO/c1-7(2)10-5-4-8(9)6-11-3/h7-8,10H,4-6H2,1-3H3. The minimum atomic E-state index is 0.145. The quantitative estimate of drug-likeness (QED) is 0.626. The summed E-state index contributed by atoms with van der Waals surface area (Å²) in [5.41, 5.74) is 0. The number of methoxy groups -OCH3 is 1. The van der Waals surface area contributed by atoms with Gasteiger partial charge in [0.1, 0.15) is 0 Å². The Labute approximate surface area is 74.3 Å². The van der Waals surface area contributed by atoms with Crippen LogP contribution in [0.5, 0.6) is 0 Å². The first-order chi connectivity index (χ1) is 5.16. The third-order valence-electron chi connectivity index (χ3n) is 1.36. The van der Waals surface area contributed by atoms with Gasteiger partial charge in [-0.2, -0.15) is 0 Å². The highest BCUT2D eigenvalue weighted by Crippen LogP contribution is 2.00. The molecule has 68 valence electrons. The van der Waals surface area contributed by atoms with Crippen molar-refractivity contribution >= 4 is 11.6 Å². The monoisotopic (exact) mass is 179 g/mol. The molecular weight excluding hydrogens is 162 g/mol. The summed E-state index contributed by atoms with van der Waals surface area (Å²) in [6, 6.07) is 0.543. The van der Waals surface area contributed by atoms with Crippen molar-refractivity contribution in [3.63, 3.8) is 0 Å². The minimum Gasteiger partial charge on any atom is -0.383 e. The Bertz CT molecular complexity index is 88.2. The third kappa shape index (κ3) is 8.11. The van der Waals surface area contributed by atoms with Crippen LogP contribution in [-0.2, 0) is 4.74 Å². The molecule has 0 saturated carbocycles. The molecule has 2 nitrogen and oxygen atoms in total. The van der Waals surface area contributed by atoms with Gasteiger partial charge >= 0.3 is 0 Å². The lowest BCUT2D eigenvalue weighted by Crippen LogP contribution is -2.26. The van der Waals surface area contributed by atoms with Crippen LogP contribution in [0.2, 0.25) is 0 Å². The Kier molecular flexibility index (Phi) is 7.02. The molecule has 0 aromatic heterocycles. The number of halogens is 1. The van der Waals surface area contributed by atoms with Gasteiger partial charge in [-0.1, -0.05) is 13.8 Å². The van der Waals surface area contributed by atoms with E-state index in [0.717, 1.165) is 13.0 Å². The smallest absolute Gasteiger partial charge is 0.0626 e. The summed E-state index contributed by atoms with van der Waals surface area (Å²) in [5.74, 6) is 0. The first-order valence-electron chi connectivity index (χ1n) is 4.03. The fourth-order valence-electron chi connectivity index (χ4n) is 0.793. The molecule has 0 rings (SSSR count). The number of hydrogen-bond acceptors (Lipinski definition) is 2. The number of rotatable bonds is 6. The Hall–Kier alpha value is 0.210. The van der Waals surface area contributed by atoms with Crippen molar-refractivity contribution in [3.8, 4) is 0 Å². The summed E-state index contributed by atoms with van der Waals surface area (Å²) in [6.07, 6.45) is 0.966. The van der Waals surface area contributed by atoms with Crippen LogP contribution in [0, 0.1) is 0 Å². The molecule has 3 heteroatoms. The predicted octanol–water partition coefficient (Wildman–Crippen LogP) is 1.63. The predicted molar refractivity (Wildman–Crippen MR) is 49.3 cm³/mol. The van der Waals surface area contributed by atoms with Gasteiger partial charge in [0, 0.05) is 13.2 Å². The average Bonchev–Trinajstić information content (AvgIpc) is 1.87. The van der Waals surface area contributed by atoms with E-state index in [-0.39, 0.29) is 5.38 Å². The maximum Gasteiger partial charge on any atom is 0.0626 e. The van der Waals surface area contributed by atoms with E-state index >= 15 is 0 Å². The van der Waals surface area contributed by atoms with E-state index in [2.05, 4.69) is 19.2 Å². The Balaban J connectivity index is 3.10. The van der Waals surface area contributed by atoms with Gasteiger partial charge in [-0.25, -0.2) is 0 Å². The Morgan fingerprint density at radius 2 is 2.09 bits per heavy atom. The number of ether oxygens (including phenoxy) is 1. The second-order valence-electron chi connectivity index (χ2n) is 2.95. The molecular formula is C8H18ClNO. The van der Waals surface area contributed by atoms with Crippen molar-refractivity contribution in [2.75, 3.05) is 20.3 Å². The van der Waals surface area contributed by atoms with Crippen molar-refractivity contribution in [2.45, 2.75) is 31.7 Å². The average molecular weight is 180 g/mol. The van der Waals surface area contributed by atoms with E-state index in [1.165, 1.54) is 0 Å². The van der Waals surface area contributed by atoms with E-state index in [0.29, 0.717) is 12.6 Å². The lowest BCUT2D eigenvalue weighted by Gasteiger charge is -2.10. The molecule has 0 amide bonds.